The first-order chi connectivity index (χ1) is 8.40. The van der Waals surface area contributed by atoms with Crippen LogP contribution in [0.15, 0.2) is 28.8 Å². The molecule has 0 fully saturated rings. The lowest BCUT2D eigenvalue weighted by molar-refractivity contribution is 0.382. The van der Waals surface area contributed by atoms with Gasteiger partial charge in [0.1, 0.15) is 11.4 Å². The number of fused-ring (bicyclic) bond motifs is 1. The van der Waals surface area contributed by atoms with Gasteiger partial charge in [-0.25, -0.2) is 0 Å². The molecule has 2 aromatic rings. The number of benzene rings is 1. The van der Waals surface area contributed by atoms with E-state index in [9.17, 15) is 0 Å². The molecule has 0 bridgehead atoms. The number of aromatic nitrogens is 1. The average molecular weight is 228 g/mol. The third kappa shape index (κ3) is 1.71. The van der Waals surface area contributed by atoms with Crippen molar-refractivity contribution in [2.24, 2.45) is 0 Å². The van der Waals surface area contributed by atoms with E-state index in [4.69, 9.17) is 4.52 Å². The minimum atomic E-state index is 0.970. The molecule has 0 saturated carbocycles. The number of aryl methyl sites for hydroxylation is 2. The molecule has 2 heterocycles. The molecule has 17 heavy (non-hydrogen) atoms. The molecule has 3 heteroatoms. The van der Waals surface area contributed by atoms with Crippen LogP contribution in [0.1, 0.15) is 24.7 Å². The molecule has 0 atom stereocenters. The van der Waals surface area contributed by atoms with E-state index in [0.717, 1.165) is 42.9 Å². The molecule has 0 amide bonds. The van der Waals surface area contributed by atoms with Gasteiger partial charge in [0.25, 0.3) is 0 Å². The van der Waals surface area contributed by atoms with Crippen molar-refractivity contribution in [2.75, 3.05) is 11.9 Å². The third-order valence-corrected chi connectivity index (χ3v) is 3.30. The van der Waals surface area contributed by atoms with Gasteiger partial charge in [-0.1, -0.05) is 36.3 Å². The lowest BCUT2D eigenvalue weighted by Crippen LogP contribution is -2.10. The summed E-state index contributed by atoms with van der Waals surface area (Å²) in [7, 11) is 0. The van der Waals surface area contributed by atoms with E-state index < -0.39 is 0 Å². The Morgan fingerprint density at radius 1 is 1.35 bits per heavy atom. The largest absolute Gasteiger partial charge is 0.380 e. The predicted molar refractivity (Wildman–Crippen MR) is 68.1 cm³/mol. The molecule has 0 unspecified atom stereocenters. The number of hydrogen-bond acceptors (Lipinski definition) is 3. The molecule has 1 aromatic carbocycles. The van der Waals surface area contributed by atoms with Gasteiger partial charge < -0.3 is 9.84 Å². The Kier molecular flexibility index (Phi) is 2.59. The Hall–Kier alpha value is -1.77. The van der Waals surface area contributed by atoms with Crippen LogP contribution >= 0.6 is 0 Å². The molecule has 1 aliphatic heterocycles. The highest BCUT2D eigenvalue weighted by molar-refractivity contribution is 5.78. The van der Waals surface area contributed by atoms with Crippen molar-refractivity contribution in [2.45, 2.75) is 26.2 Å². The maximum Gasteiger partial charge on any atom is 0.160 e. The Bertz CT molecular complexity index is 531. The molecule has 3 rings (SSSR count). The van der Waals surface area contributed by atoms with Crippen molar-refractivity contribution in [3.05, 3.63) is 35.6 Å². The van der Waals surface area contributed by atoms with Gasteiger partial charge in [-0.15, -0.1) is 0 Å². The molecular formula is C14H16N2O. The summed E-state index contributed by atoms with van der Waals surface area (Å²) in [6.45, 7) is 3.17. The van der Waals surface area contributed by atoms with Gasteiger partial charge in [-0.3, -0.25) is 0 Å². The van der Waals surface area contributed by atoms with E-state index in [-0.39, 0.29) is 0 Å². The van der Waals surface area contributed by atoms with E-state index in [1.807, 2.05) is 0 Å². The molecular weight excluding hydrogens is 212 g/mol. The number of anilines is 1. The van der Waals surface area contributed by atoms with Crippen molar-refractivity contribution < 1.29 is 4.52 Å². The summed E-state index contributed by atoms with van der Waals surface area (Å²) in [5, 5.41) is 7.64. The van der Waals surface area contributed by atoms with Crippen LogP contribution in [0.3, 0.4) is 0 Å². The summed E-state index contributed by atoms with van der Waals surface area (Å²) in [6.07, 6.45) is 3.12. The lowest BCUT2D eigenvalue weighted by Gasteiger charge is -2.13. The summed E-state index contributed by atoms with van der Waals surface area (Å²) >= 11 is 0. The molecule has 1 aromatic heterocycles. The van der Waals surface area contributed by atoms with Gasteiger partial charge in [0.2, 0.25) is 0 Å². The highest BCUT2D eigenvalue weighted by Gasteiger charge is 2.21. The third-order valence-electron chi connectivity index (χ3n) is 3.30. The first-order valence-electron chi connectivity index (χ1n) is 6.21. The first-order valence-corrected chi connectivity index (χ1v) is 6.21. The molecule has 0 aliphatic carbocycles. The maximum absolute atomic E-state index is 5.43. The Morgan fingerprint density at radius 2 is 2.24 bits per heavy atom. The summed E-state index contributed by atoms with van der Waals surface area (Å²) in [4.78, 5) is 0. The SMILES string of the molecule is CCc1ccccc1-c1noc2c1NCCC2. The standard InChI is InChI=1S/C14H16N2O/c1-2-10-6-3-4-7-11(10)13-14-12(17-16-13)8-5-9-15-14/h3-4,6-7,15H,2,5,8-9H2,1H3. The molecule has 1 aliphatic rings. The second-order valence-electron chi connectivity index (χ2n) is 4.37. The van der Waals surface area contributed by atoms with Crippen molar-refractivity contribution in [3.8, 4) is 11.3 Å². The molecule has 3 nitrogen and oxygen atoms in total. The molecule has 0 spiro atoms. The molecule has 1 N–H and O–H groups in total. The second kappa shape index (κ2) is 4.24. The topological polar surface area (TPSA) is 38.1 Å². The van der Waals surface area contributed by atoms with E-state index in [1.54, 1.807) is 0 Å². The van der Waals surface area contributed by atoms with Gasteiger partial charge in [0.15, 0.2) is 5.76 Å². The van der Waals surface area contributed by atoms with Crippen LogP contribution < -0.4 is 5.32 Å². The monoisotopic (exact) mass is 228 g/mol. The van der Waals surface area contributed by atoms with Crippen LogP contribution in [-0.2, 0) is 12.8 Å². The fourth-order valence-electron chi connectivity index (χ4n) is 2.38. The van der Waals surface area contributed by atoms with Gasteiger partial charge >= 0.3 is 0 Å². The molecule has 88 valence electrons. The number of nitrogens with zero attached hydrogens (tertiary/aromatic N) is 1. The zero-order valence-corrected chi connectivity index (χ0v) is 9.99. The van der Waals surface area contributed by atoms with Crippen LogP contribution in [0.4, 0.5) is 5.69 Å². The Morgan fingerprint density at radius 3 is 3.12 bits per heavy atom. The van der Waals surface area contributed by atoms with E-state index in [1.165, 1.54) is 11.1 Å². The second-order valence-corrected chi connectivity index (χ2v) is 4.37. The number of nitrogens with one attached hydrogen (secondary N) is 1. The average Bonchev–Trinajstić information content (AvgIpc) is 2.82. The highest BCUT2D eigenvalue weighted by Crippen LogP contribution is 2.35. The van der Waals surface area contributed by atoms with Crippen molar-refractivity contribution in [1.29, 1.82) is 0 Å². The van der Waals surface area contributed by atoms with E-state index in [0.29, 0.717) is 0 Å². The molecule has 0 radical (unpaired) electrons. The normalized spacial score (nSPS) is 14.2. The number of hydrogen-bond donors (Lipinski definition) is 1. The van der Waals surface area contributed by atoms with Crippen LogP contribution in [-0.4, -0.2) is 11.7 Å². The van der Waals surface area contributed by atoms with Crippen molar-refractivity contribution >= 4 is 5.69 Å². The van der Waals surface area contributed by atoms with Crippen molar-refractivity contribution in [1.82, 2.24) is 5.16 Å². The quantitative estimate of drug-likeness (QED) is 0.857. The fraction of sp³-hybridized carbons (Fsp3) is 0.357. The fourth-order valence-corrected chi connectivity index (χ4v) is 2.38. The summed E-state index contributed by atoms with van der Waals surface area (Å²) in [5.74, 6) is 0.997. The van der Waals surface area contributed by atoms with Gasteiger partial charge in [0, 0.05) is 18.5 Å². The van der Waals surface area contributed by atoms with E-state index in [2.05, 4.69) is 41.7 Å². The van der Waals surface area contributed by atoms with Crippen LogP contribution in [0.5, 0.6) is 0 Å². The summed E-state index contributed by atoms with van der Waals surface area (Å²) < 4.78 is 5.43. The smallest absolute Gasteiger partial charge is 0.160 e. The van der Waals surface area contributed by atoms with Gasteiger partial charge in [-0.05, 0) is 18.4 Å². The number of rotatable bonds is 2. The Balaban J connectivity index is 2.12. The minimum Gasteiger partial charge on any atom is -0.380 e. The molecule has 0 saturated heterocycles. The summed E-state index contributed by atoms with van der Waals surface area (Å²) in [6, 6.07) is 8.40. The highest BCUT2D eigenvalue weighted by atomic mass is 16.5. The Labute approximate surface area is 101 Å². The minimum absolute atomic E-state index is 0.970. The first kappa shape index (κ1) is 10.4. The summed E-state index contributed by atoms with van der Waals surface area (Å²) in [5.41, 5.74) is 4.57. The van der Waals surface area contributed by atoms with Crippen LogP contribution in [0, 0.1) is 0 Å². The van der Waals surface area contributed by atoms with Crippen LogP contribution in [0.2, 0.25) is 0 Å². The van der Waals surface area contributed by atoms with Crippen molar-refractivity contribution in [3.63, 3.8) is 0 Å². The zero-order valence-electron chi connectivity index (χ0n) is 9.99. The van der Waals surface area contributed by atoms with E-state index >= 15 is 0 Å². The van der Waals surface area contributed by atoms with Gasteiger partial charge in [0.05, 0.1) is 0 Å². The lowest BCUT2D eigenvalue weighted by atomic mass is 10.00. The van der Waals surface area contributed by atoms with Gasteiger partial charge in [-0.2, -0.15) is 0 Å². The predicted octanol–water partition coefficient (Wildman–Crippen LogP) is 3.26. The maximum atomic E-state index is 5.43. The van der Waals surface area contributed by atoms with Crippen LogP contribution in [0.25, 0.3) is 11.3 Å². The zero-order chi connectivity index (χ0) is 11.7.